The van der Waals surface area contributed by atoms with Crippen molar-refractivity contribution in [3.8, 4) is 0 Å². The maximum absolute atomic E-state index is 13.5. The zero-order valence-corrected chi connectivity index (χ0v) is 23.8. The number of amides is 2. The molecule has 0 atom stereocenters. The molecule has 0 bridgehead atoms. The van der Waals surface area contributed by atoms with Crippen LogP contribution in [-0.2, 0) is 21.5 Å². The highest BCUT2D eigenvalue weighted by molar-refractivity contribution is 9.11. The van der Waals surface area contributed by atoms with Gasteiger partial charge in [0.15, 0.2) is 0 Å². The molecule has 2 aromatic carbocycles. The molecule has 34 heavy (non-hydrogen) atoms. The van der Waals surface area contributed by atoms with Crippen LogP contribution in [-0.4, -0.2) is 47.5 Å². The summed E-state index contributed by atoms with van der Waals surface area (Å²) in [5, 5.41) is 0. The monoisotopic (exact) mass is 592 g/mol. The minimum Gasteiger partial charge on any atom is -0.444 e. The number of hydrogen-bond acceptors (Lipinski definition) is 3. The summed E-state index contributed by atoms with van der Waals surface area (Å²) in [5.74, 6) is 0.102. The van der Waals surface area contributed by atoms with Gasteiger partial charge in [-0.3, -0.25) is 4.79 Å². The van der Waals surface area contributed by atoms with Crippen LogP contribution in [0.25, 0.3) is 0 Å². The lowest BCUT2D eigenvalue weighted by Gasteiger charge is -2.43. The van der Waals surface area contributed by atoms with Crippen molar-refractivity contribution in [2.75, 3.05) is 20.1 Å². The number of carbonyl (C=O) groups excluding carboxylic acids is 2. The van der Waals surface area contributed by atoms with E-state index in [4.69, 9.17) is 4.74 Å². The summed E-state index contributed by atoms with van der Waals surface area (Å²) in [4.78, 5) is 29.7. The summed E-state index contributed by atoms with van der Waals surface area (Å²) in [6.07, 6.45) is 1.57. The van der Waals surface area contributed by atoms with Gasteiger partial charge in [0.05, 0.1) is 0 Å². The van der Waals surface area contributed by atoms with E-state index >= 15 is 0 Å². The summed E-state index contributed by atoms with van der Waals surface area (Å²) < 4.78 is 7.54. The largest absolute Gasteiger partial charge is 0.444 e. The molecule has 0 aliphatic carbocycles. The van der Waals surface area contributed by atoms with Gasteiger partial charge in [-0.1, -0.05) is 56.1 Å². The Labute approximate surface area is 220 Å². The molecular formula is C27H34Br2N2O3. The zero-order chi connectivity index (χ0) is 25.1. The van der Waals surface area contributed by atoms with Crippen molar-refractivity contribution in [1.82, 2.24) is 9.80 Å². The lowest BCUT2D eigenvalue weighted by atomic mass is 9.69. The predicted molar refractivity (Wildman–Crippen MR) is 143 cm³/mol. The van der Waals surface area contributed by atoms with Crippen LogP contribution < -0.4 is 0 Å². The number of halogens is 2. The smallest absolute Gasteiger partial charge is 0.410 e. The molecule has 5 nitrogen and oxygen atoms in total. The number of piperidine rings is 1. The SMILES string of the molecule is Cc1ccccc1C1(CC(=O)N(C)Cc2cc(Br)cc(Br)c2)CCN(C(=O)OC(C)(C)C)CC1. The molecule has 0 unspecified atom stereocenters. The van der Waals surface area contributed by atoms with Crippen molar-refractivity contribution < 1.29 is 14.3 Å². The van der Waals surface area contributed by atoms with Crippen LogP contribution in [0.4, 0.5) is 4.79 Å². The van der Waals surface area contributed by atoms with E-state index in [-0.39, 0.29) is 17.4 Å². The highest BCUT2D eigenvalue weighted by Gasteiger charge is 2.41. The third-order valence-corrected chi connectivity index (χ3v) is 7.26. The van der Waals surface area contributed by atoms with Crippen molar-refractivity contribution >= 4 is 43.9 Å². The summed E-state index contributed by atoms with van der Waals surface area (Å²) in [6, 6.07) is 14.4. The molecule has 0 aromatic heterocycles. The van der Waals surface area contributed by atoms with Gasteiger partial charge < -0.3 is 14.5 Å². The van der Waals surface area contributed by atoms with Crippen LogP contribution in [0.5, 0.6) is 0 Å². The third-order valence-electron chi connectivity index (χ3n) is 6.35. The van der Waals surface area contributed by atoms with E-state index in [1.165, 1.54) is 11.1 Å². The van der Waals surface area contributed by atoms with E-state index in [2.05, 4.69) is 50.9 Å². The first-order chi connectivity index (χ1) is 15.9. The zero-order valence-electron chi connectivity index (χ0n) is 20.7. The normalized spacial score (nSPS) is 15.7. The molecule has 1 aliphatic rings. The van der Waals surface area contributed by atoms with Crippen LogP contribution in [0, 0.1) is 6.92 Å². The number of likely N-dealkylation sites (tertiary alicyclic amines) is 1. The van der Waals surface area contributed by atoms with Gasteiger partial charge in [-0.15, -0.1) is 0 Å². The fraction of sp³-hybridized carbons (Fsp3) is 0.481. The summed E-state index contributed by atoms with van der Waals surface area (Å²) >= 11 is 7.05. The first-order valence-electron chi connectivity index (χ1n) is 11.6. The number of carbonyl (C=O) groups is 2. The quantitative estimate of drug-likeness (QED) is 0.381. The van der Waals surface area contributed by atoms with Gasteiger partial charge in [0.25, 0.3) is 0 Å². The van der Waals surface area contributed by atoms with Gasteiger partial charge in [-0.25, -0.2) is 4.79 Å². The first-order valence-corrected chi connectivity index (χ1v) is 13.2. The number of nitrogens with zero attached hydrogens (tertiary/aromatic N) is 2. The molecule has 0 saturated carbocycles. The van der Waals surface area contributed by atoms with Crippen LogP contribution >= 0.6 is 31.9 Å². The van der Waals surface area contributed by atoms with Crippen LogP contribution in [0.3, 0.4) is 0 Å². The Balaban J connectivity index is 1.79. The second-order valence-electron chi connectivity index (χ2n) is 10.3. The molecule has 3 rings (SSSR count). The van der Waals surface area contributed by atoms with Gasteiger partial charge >= 0.3 is 6.09 Å². The Morgan fingerprint density at radius 1 is 1.06 bits per heavy atom. The second-order valence-corrected chi connectivity index (χ2v) is 12.1. The summed E-state index contributed by atoms with van der Waals surface area (Å²) in [5.41, 5.74) is 2.60. The fourth-order valence-corrected chi connectivity index (χ4v) is 6.03. The standard InChI is InChI=1S/C27H34Br2N2O3/c1-19-8-6-7-9-23(19)27(10-12-31(13-11-27)25(33)34-26(2,3)4)17-24(32)30(5)18-20-14-21(28)16-22(29)15-20/h6-9,14-16H,10-13,17-18H2,1-5H3. The Kier molecular flexibility index (Phi) is 8.51. The van der Waals surface area contributed by atoms with Crippen LogP contribution in [0.2, 0.25) is 0 Å². The first kappa shape index (κ1) is 26.7. The molecule has 1 saturated heterocycles. The molecule has 2 aromatic rings. The topological polar surface area (TPSA) is 49.9 Å². The van der Waals surface area contributed by atoms with E-state index in [0.29, 0.717) is 26.1 Å². The second kappa shape index (κ2) is 10.8. The van der Waals surface area contributed by atoms with E-state index in [9.17, 15) is 9.59 Å². The lowest BCUT2D eigenvalue weighted by Crippen LogP contribution is -2.48. The van der Waals surface area contributed by atoms with E-state index in [1.807, 2.05) is 58.2 Å². The number of ether oxygens (including phenoxy) is 1. The van der Waals surface area contributed by atoms with Gasteiger partial charge in [-0.05, 0) is 75.4 Å². The van der Waals surface area contributed by atoms with Crippen molar-refractivity contribution in [3.05, 3.63) is 68.1 Å². The van der Waals surface area contributed by atoms with Gasteiger partial charge in [0.1, 0.15) is 5.60 Å². The Morgan fingerprint density at radius 3 is 2.21 bits per heavy atom. The molecule has 7 heteroatoms. The maximum atomic E-state index is 13.5. The van der Waals surface area contributed by atoms with Crippen molar-refractivity contribution in [2.24, 2.45) is 0 Å². The number of hydrogen-bond donors (Lipinski definition) is 0. The number of aryl methyl sites for hydroxylation is 1. The predicted octanol–water partition coefficient (Wildman–Crippen LogP) is 6.84. The fourth-order valence-electron chi connectivity index (χ4n) is 4.64. The van der Waals surface area contributed by atoms with Crippen LogP contribution in [0.1, 0.15) is 56.7 Å². The Morgan fingerprint density at radius 2 is 1.65 bits per heavy atom. The molecule has 0 radical (unpaired) electrons. The van der Waals surface area contributed by atoms with Crippen LogP contribution in [0.15, 0.2) is 51.4 Å². The summed E-state index contributed by atoms with van der Waals surface area (Å²) in [6.45, 7) is 9.41. The molecule has 184 valence electrons. The molecule has 1 aliphatic heterocycles. The Hall–Kier alpha value is -1.86. The molecule has 1 fully saturated rings. The minimum absolute atomic E-state index is 0.102. The maximum Gasteiger partial charge on any atom is 0.410 e. The Bertz CT molecular complexity index is 1020. The molecule has 2 amide bonds. The average molecular weight is 594 g/mol. The molecular weight excluding hydrogens is 560 g/mol. The molecule has 0 spiro atoms. The van der Waals surface area contributed by atoms with Crippen molar-refractivity contribution in [3.63, 3.8) is 0 Å². The lowest BCUT2D eigenvalue weighted by molar-refractivity contribution is -0.132. The highest BCUT2D eigenvalue weighted by atomic mass is 79.9. The van der Waals surface area contributed by atoms with E-state index in [1.54, 1.807) is 9.80 Å². The minimum atomic E-state index is -0.526. The van der Waals surface area contributed by atoms with Crippen molar-refractivity contribution in [2.45, 2.75) is 64.5 Å². The molecule has 1 heterocycles. The number of rotatable bonds is 5. The van der Waals surface area contributed by atoms with E-state index < -0.39 is 5.60 Å². The number of benzene rings is 2. The van der Waals surface area contributed by atoms with Gasteiger partial charge in [-0.2, -0.15) is 0 Å². The molecule has 0 N–H and O–H groups in total. The van der Waals surface area contributed by atoms with Crippen molar-refractivity contribution in [1.29, 1.82) is 0 Å². The summed E-state index contributed by atoms with van der Waals surface area (Å²) in [7, 11) is 1.86. The van der Waals surface area contributed by atoms with Gasteiger partial charge in [0.2, 0.25) is 5.91 Å². The van der Waals surface area contributed by atoms with Gasteiger partial charge in [0, 0.05) is 47.5 Å². The third kappa shape index (κ3) is 6.85. The average Bonchev–Trinajstić information content (AvgIpc) is 2.72. The van der Waals surface area contributed by atoms with E-state index in [0.717, 1.165) is 27.4 Å². The highest BCUT2D eigenvalue weighted by Crippen LogP contribution is 2.41.